The summed E-state index contributed by atoms with van der Waals surface area (Å²) in [5, 5.41) is 11.6. The second kappa shape index (κ2) is 6.87. The maximum absolute atomic E-state index is 13.0. The van der Waals surface area contributed by atoms with Crippen molar-refractivity contribution in [2.45, 2.75) is 20.3 Å². The highest BCUT2D eigenvalue weighted by Gasteiger charge is 2.20. The zero-order valence-electron chi connectivity index (χ0n) is 11.0. The van der Waals surface area contributed by atoms with Crippen LogP contribution in [0.1, 0.15) is 30.6 Å². The average Bonchev–Trinajstić information content (AvgIpc) is 2.33. The first-order valence-electron chi connectivity index (χ1n) is 6.16. The fourth-order valence-corrected chi connectivity index (χ4v) is 1.79. The summed E-state index contributed by atoms with van der Waals surface area (Å²) >= 11 is 0. The summed E-state index contributed by atoms with van der Waals surface area (Å²) in [5.41, 5.74) is 0.189. The predicted octanol–water partition coefficient (Wildman–Crippen LogP) is 2.30. The molecule has 1 unspecified atom stereocenters. The molecule has 1 aromatic rings. The van der Waals surface area contributed by atoms with E-state index in [1.165, 1.54) is 18.2 Å². The number of carboxylic acid groups (broad SMARTS) is 1. The van der Waals surface area contributed by atoms with Crippen LogP contribution in [0.15, 0.2) is 24.3 Å². The lowest BCUT2D eigenvalue weighted by Gasteiger charge is -2.15. The van der Waals surface area contributed by atoms with Crippen molar-refractivity contribution in [2.24, 2.45) is 11.8 Å². The maximum atomic E-state index is 13.0. The normalized spacial score (nSPS) is 12.2. The molecule has 1 amide bonds. The van der Waals surface area contributed by atoms with Crippen LogP contribution in [0.2, 0.25) is 0 Å². The van der Waals surface area contributed by atoms with Crippen molar-refractivity contribution in [1.82, 2.24) is 5.32 Å². The minimum absolute atomic E-state index is 0.0445. The number of carboxylic acids is 1. The second-order valence-corrected chi connectivity index (χ2v) is 4.89. The highest BCUT2D eigenvalue weighted by atomic mass is 19.1. The third-order valence-corrected chi connectivity index (χ3v) is 2.70. The van der Waals surface area contributed by atoms with Crippen LogP contribution in [-0.2, 0) is 4.79 Å². The molecule has 0 saturated carbocycles. The Bertz CT molecular complexity index is 460. The van der Waals surface area contributed by atoms with E-state index in [9.17, 15) is 14.0 Å². The van der Waals surface area contributed by atoms with E-state index in [1.54, 1.807) is 0 Å². The molecule has 104 valence electrons. The number of amides is 1. The smallest absolute Gasteiger partial charge is 0.308 e. The molecule has 0 aliphatic rings. The molecule has 4 nitrogen and oxygen atoms in total. The Balaban J connectivity index is 2.59. The molecular weight excluding hydrogens is 249 g/mol. The number of carbonyl (C=O) groups is 2. The summed E-state index contributed by atoms with van der Waals surface area (Å²) in [6, 6.07) is 5.28. The van der Waals surface area contributed by atoms with Gasteiger partial charge in [0.25, 0.3) is 5.91 Å². The molecule has 0 bridgehead atoms. The predicted molar refractivity (Wildman–Crippen MR) is 69.3 cm³/mol. The van der Waals surface area contributed by atoms with Crippen LogP contribution in [0.3, 0.4) is 0 Å². The van der Waals surface area contributed by atoms with Gasteiger partial charge < -0.3 is 10.4 Å². The summed E-state index contributed by atoms with van der Waals surface area (Å²) in [7, 11) is 0. The highest BCUT2D eigenvalue weighted by molar-refractivity contribution is 5.94. The lowest BCUT2D eigenvalue weighted by molar-refractivity contribution is -0.142. The van der Waals surface area contributed by atoms with Gasteiger partial charge in [0.05, 0.1) is 5.92 Å². The Morgan fingerprint density at radius 1 is 1.37 bits per heavy atom. The zero-order chi connectivity index (χ0) is 14.4. The monoisotopic (exact) mass is 267 g/mol. The van der Waals surface area contributed by atoms with E-state index in [2.05, 4.69) is 5.32 Å². The summed E-state index contributed by atoms with van der Waals surface area (Å²) in [5.74, 6) is -2.29. The van der Waals surface area contributed by atoms with Crippen LogP contribution in [0.25, 0.3) is 0 Å². The molecule has 0 saturated heterocycles. The molecule has 2 N–H and O–H groups in total. The molecule has 1 atom stereocenters. The number of hydrogen-bond donors (Lipinski definition) is 2. The molecule has 0 aromatic heterocycles. The van der Waals surface area contributed by atoms with Gasteiger partial charge in [-0.15, -0.1) is 0 Å². The number of rotatable bonds is 6. The van der Waals surface area contributed by atoms with Crippen molar-refractivity contribution in [3.05, 3.63) is 35.6 Å². The summed E-state index contributed by atoms with van der Waals surface area (Å²) in [6.07, 6.45) is 0.485. The first-order valence-corrected chi connectivity index (χ1v) is 6.16. The topological polar surface area (TPSA) is 66.4 Å². The third-order valence-electron chi connectivity index (χ3n) is 2.70. The van der Waals surface area contributed by atoms with Gasteiger partial charge >= 0.3 is 5.97 Å². The number of nitrogens with one attached hydrogen (secondary N) is 1. The van der Waals surface area contributed by atoms with Gasteiger partial charge in [-0.2, -0.15) is 0 Å². The lowest BCUT2D eigenvalue weighted by atomic mass is 9.97. The second-order valence-electron chi connectivity index (χ2n) is 4.89. The Kier molecular flexibility index (Phi) is 5.48. The zero-order valence-corrected chi connectivity index (χ0v) is 11.0. The molecule has 0 aliphatic carbocycles. The van der Waals surface area contributed by atoms with E-state index in [0.717, 1.165) is 6.07 Å². The quantitative estimate of drug-likeness (QED) is 0.831. The Morgan fingerprint density at radius 3 is 2.58 bits per heavy atom. The molecule has 1 rings (SSSR count). The summed E-state index contributed by atoms with van der Waals surface area (Å²) in [4.78, 5) is 22.8. The van der Waals surface area contributed by atoms with Gasteiger partial charge in [-0.05, 0) is 30.5 Å². The van der Waals surface area contributed by atoms with Crippen molar-refractivity contribution in [3.8, 4) is 0 Å². The first kappa shape index (κ1) is 15.1. The van der Waals surface area contributed by atoms with E-state index < -0.39 is 23.6 Å². The Morgan fingerprint density at radius 2 is 2.05 bits per heavy atom. The number of benzene rings is 1. The molecule has 0 fully saturated rings. The Labute approximate surface area is 111 Å². The lowest BCUT2D eigenvalue weighted by Crippen LogP contribution is -2.33. The number of hydrogen-bond acceptors (Lipinski definition) is 2. The molecule has 19 heavy (non-hydrogen) atoms. The van der Waals surface area contributed by atoms with Crippen LogP contribution in [0.4, 0.5) is 4.39 Å². The van der Waals surface area contributed by atoms with Gasteiger partial charge in [-0.3, -0.25) is 9.59 Å². The van der Waals surface area contributed by atoms with Crippen molar-refractivity contribution < 1.29 is 19.1 Å². The average molecular weight is 267 g/mol. The van der Waals surface area contributed by atoms with E-state index in [-0.39, 0.29) is 18.0 Å². The van der Waals surface area contributed by atoms with Gasteiger partial charge in [-0.25, -0.2) is 4.39 Å². The third kappa shape index (κ3) is 5.07. The van der Waals surface area contributed by atoms with Gasteiger partial charge in [0.1, 0.15) is 5.82 Å². The van der Waals surface area contributed by atoms with Gasteiger partial charge in [0.2, 0.25) is 0 Å². The minimum atomic E-state index is -0.937. The molecule has 0 aliphatic heterocycles. The van der Waals surface area contributed by atoms with E-state index >= 15 is 0 Å². The minimum Gasteiger partial charge on any atom is -0.481 e. The number of carbonyl (C=O) groups excluding carboxylic acids is 1. The van der Waals surface area contributed by atoms with Crippen LogP contribution >= 0.6 is 0 Å². The summed E-state index contributed by atoms with van der Waals surface area (Å²) < 4.78 is 13.0. The van der Waals surface area contributed by atoms with Crippen molar-refractivity contribution in [3.63, 3.8) is 0 Å². The number of aliphatic carboxylic acids is 1. The van der Waals surface area contributed by atoms with Crippen LogP contribution in [0, 0.1) is 17.7 Å². The van der Waals surface area contributed by atoms with Crippen LogP contribution in [0.5, 0.6) is 0 Å². The molecular formula is C14H18FNO3. The summed E-state index contributed by atoms with van der Waals surface area (Å²) in [6.45, 7) is 3.89. The fraction of sp³-hybridized carbons (Fsp3) is 0.429. The first-order chi connectivity index (χ1) is 8.90. The van der Waals surface area contributed by atoms with Crippen molar-refractivity contribution in [1.29, 1.82) is 0 Å². The van der Waals surface area contributed by atoms with Crippen LogP contribution < -0.4 is 5.32 Å². The van der Waals surface area contributed by atoms with Gasteiger partial charge in [0.15, 0.2) is 0 Å². The maximum Gasteiger partial charge on any atom is 0.308 e. The fourth-order valence-electron chi connectivity index (χ4n) is 1.79. The van der Waals surface area contributed by atoms with E-state index in [1.807, 2.05) is 13.8 Å². The van der Waals surface area contributed by atoms with Crippen molar-refractivity contribution >= 4 is 11.9 Å². The molecule has 0 spiro atoms. The standard InChI is InChI=1S/C14H18FNO3/c1-9(2)6-11(14(18)19)8-16-13(17)10-4-3-5-12(15)7-10/h3-5,7,9,11H,6,8H2,1-2H3,(H,16,17)(H,18,19). The molecule has 5 heteroatoms. The van der Waals surface area contributed by atoms with Gasteiger partial charge in [0, 0.05) is 12.1 Å². The SMILES string of the molecule is CC(C)CC(CNC(=O)c1cccc(F)c1)C(=O)O. The van der Waals surface area contributed by atoms with E-state index in [4.69, 9.17) is 5.11 Å². The highest BCUT2D eigenvalue weighted by Crippen LogP contribution is 2.11. The van der Waals surface area contributed by atoms with Gasteiger partial charge in [-0.1, -0.05) is 19.9 Å². The number of halogens is 1. The van der Waals surface area contributed by atoms with Crippen LogP contribution in [-0.4, -0.2) is 23.5 Å². The largest absolute Gasteiger partial charge is 0.481 e. The molecule has 1 aromatic carbocycles. The molecule has 0 heterocycles. The molecule has 0 radical (unpaired) electrons. The van der Waals surface area contributed by atoms with E-state index in [0.29, 0.717) is 6.42 Å². The van der Waals surface area contributed by atoms with Crippen molar-refractivity contribution in [2.75, 3.05) is 6.54 Å². The Hall–Kier alpha value is -1.91.